The van der Waals surface area contributed by atoms with Crippen LogP contribution in [0.2, 0.25) is 0 Å². The number of alkyl halides is 3. The van der Waals surface area contributed by atoms with Crippen LogP contribution in [0.25, 0.3) is 11.3 Å². The summed E-state index contributed by atoms with van der Waals surface area (Å²) in [6.45, 7) is 5.08. The quantitative estimate of drug-likeness (QED) is 0.515. The number of pyridine rings is 1. The maximum atomic E-state index is 14.0. The molecule has 1 fully saturated rings. The number of halogens is 3. The van der Waals surface area contributed by atoms with Crippen LogP contribution in [0.4, 0.5) is 13.2 Å². The van der Waals surface area contributed by atoms with Crippen molar-refractivity contribution in [3.63, 3.8) is 0 Å². The molecule has 34 heavy (non-hydrogen) atoms. The molecule has 0 unspecified atom stereocenters. The summed E-state index contributed by atoms with van der Waals surface area (Å²) >= 11 is 0. The van der Waals surface area contributed by atoms with Gasteiger partial charge in [0.15, 0.2) is 5.78 Å². The molecule has 2 N–H and O–H groups in total. The molecule has 9 heteroatoms. The number of nitriles is 1. The predicted octanol–water partition coefficient (Wildman–Crippen LogP) is 4.73. The minimum atomic E-state index is -4.67. The molecule has 1 amide bonds. The Balaban J connectivity index is 1.83. The fraction of sp³-hybridized carbons (Fsp3) is 0.440. The van der Waals surface area contributed by atoms with Gasteiger partial charge in [0.25, 0.3) is 0 Å². The summed E-state index contributed by atoms with van der Waals surface area (Å²) in [6, 6.07) is 8.23. The second-order valence-electron chi connectivity index (χ2n) is 9.12. The van der Waals surface area contributed by atoms with Crippen LogP contribution < -0.4 is 10.6 Å². The molecule has 1 aliphatic carbocycles. The summed E-state index contributed by atoms with van der Waals surface area (Å²) in [6.07, 6.45) is -2.38. The second kappa shape index (κ2) is 9.94. The fourth-order valence-corrected chi connectivity index (χ4v) is 3.64. The summed E-state index contributed by atoms with van der Waals surface area (Å²) in [7, 11) is 0. The SMILES string of the molecule is CC(=O)c1ccc(-c2ccc([C@H](N[C@@H](CC(C)C)C(=O)NC3(C#N)CC3)C(F)(F)F)cn2)cc1. The van der Waals surface area contributed by atoms with Crippen molar-refractivity contribution in [2.75, 3.05) is 0 Å². The molecule has 3 rings (SSSR count). The minimum absolute atomic E-state index is 0.0483. The van der Waals surface area contributed by atoms with Crippen molar-refractivity contribution in [3.8, 4) is 17.3 Å². The van der Waals surface area contributed by atoms with E-state index in [-0.39, 0.29) is 23.7 Å². The Morgan fingerprint density at radius 3 is 2.24 bits per heavy atom. The lowest BCUT2D eigenvalue weighted by Gasteiger charge is -2.28. The average Bonchev–Trinajstić information content (AvgIpc) is 3.55. The van der Waals surface area contributed by atoms with Crippen LogP contribution >= 0.6 is 0 Å². The number of carbonyl (C=O) groups is 2. The van der Waals surface area contributed by atoms with Gasteiger partial charge in [-0.2, -0.15) is 18.4 Å². The zero-order chi connectivity index (χ0) is 25.1. The summed E-state index contributed by atoms with van der Waals surface area (Å²) in [5.41, 5.74) is 0.556. The van der Waals surface area contributed by atoms with E-state index in [9.17, 15) is 28.0 Å². The molecular weight excluding hydrogens is 445 g/mol. The summed E-state index contributed by atoms with van der Waals surface area (Å²) in [5, 5.41) is 14.3. The molecule has 2 atom stereocenters. The van der Waals surface area contributed by atoms with Gasteiger partial charge in [-0.15, -0.1) is 0 Å². The monoisotopic (exact) mass is 472 g/mol. The topological polar surface area (TPSA) is 94.9 Å². The number of amides is 1. The van der Waals surface area contributed by atoms with E-state index in [1.54, 1.807) is 24.3 Å². The Bertz CT molecular complexity index is 1070. The third-order valence-electron chi connectivity index (χ3n) is 5.75. The van der Waals surface area contributed by atoms with Gasteiger partial charge in [0.1, 0.15) is 11.6 Å². The van der Waals surface area contributed by atoms with E-state index in [4.69, 9.17) is 0 Å². The van der Waals surface area contributed by atoms with E-state index in [1.807, 2.05) is 19.9 Å². The lowest BCUT2D eigenvalue weighted by Crippen LogP contribution is -2.52. The summed E-state index contributed by atoms with van der Waals surface area (Å²) in [4.78, 5) is 28.4. The first-order valence-corrected chi connectivity index (χ1v) is 11.1. The van der Waals surface area contributed by atoms with E-state index in [0.29, 0.717) is 29.7 Å². The Kier molecular flexibility index (Phi) is 7.41. The maximum absolute atomic E-state index is 14.0. The number of hydrogen-bond donors (Lipinski definition) is 2. The van der Waals surface area contributed by atoms with Crippen LogP contribution in [-0.2, 0) is 4.79 Å². The lowest BCUT2D eigenvalue weighted by atomic mass is 9.99. The Morgan fingerprint density at radius 1 is 1.15 bits per heavy atom. The molecule has 0 aliphatic heterocycles. The van der Waals surface area contributed by atoms with Gasteiger partial charge in [-0.25, -0.2) is 0 Å². The van der Waals surface area contributed by atoms with E-state index in [2.05, 4.69) is 15.6 Å². The predicted molar refractivity (Wildman–Crippen MR) is 121 cm³/mol. The number of Topliss-reactive ketones (excluding diaryl/α,β-unsaturated/α-hetero) is 1. The van der Waals surface area contributed by atoms with Crippen LogP contribution in [0, 0.1) is 17.2 Å². The van der Waals surface area contributed by atoms with Crippen LogP contribution in [0.5, 0.6) is 0 Å². The zero-order valence-electron chi connectivity index (χ0n) is 19.2. The van der Waals surface area contributed by atoms with Crippen LogP contribution in [-0.4, -0.2) is 34.4 Å². The van der Waals surface area contributed by atoms with E-state index in [1.165, 1.54) is 19.1 Å². The minimum Gasteiger partial charge on any atom is -0.336 e. The molecule has 1 aliphatic rings. The van der Waals surface area contributed by atoms with Crippen molar-refractivity contribution in [1.29, 1.82) is 5.26 Å². The molecule has 0 saturated heterocycles. The highest BCUT2D eigenvalue weighted by Gasteiger charge is 2.47. The smallest absolute Gasteiger partial charge is 0.336 e. The number of ketones is 1. The summed E-state index contributed by atoms with van der Waals surface area (Å²) < 4.78 is 42.1. The Hall–Kier alpha value is -3.25. The highest BCUT2D eigenvalue weighted by Crippen LogP contribution is 2.36. The van der Waals surface area contributed by atoms with Crippen molar-refractivity contribution < 1.29 is 22.8 Å². The van der Waals surface area contributed by atoms with E-state index >= 15 is 0 Å². The highest BCUT2D eigenvalue weighted by molar-refractivity contribution is 5.94. The van der Waals surface area contributed by atoms with E-state index in [0.717, 1.165) is 6.20 Å². The third kappa shape index (κ3) is 6.20. The number of hydrogen-bond acceptors (Lipinski definition) is 5. The number of aromatic nitrogens is 1. The molecule has 1 heterocycles. The van der Waals surface area contributed by atoms with Crippen LogP contribution in [0.1, 0.15) is 62.0 Å². The van der Waals surface area contributed by atoms with Gasteiger partial charge >= 0.3 is 6.18 Å². The largest absolute Gasteiger partial charge is 0.407 e. The number of nitrogens with zero attached hydrogens (tertiary/aromatic N) is 2. The van der Waals surface area contributed by atoms with Crippen LogP contribution in [0.3, 0.4) is 0 Å². The molecular formula is C25H27F3N4O2. The molecule has 0 spiro atoms. The van der Waals surface area contributed by atoms with Gasteiger partial charge in [-0.05, 0) is 43.7 Å². The summed E-state index contributed by atoms with van der Waals surface area (Å²) in [5.74, 6) is -0.749. The van der Waals surface area contributed by atoms with Crippen molar-refractivity contribution >= 4 is 11.7 Å². The molecule has 2 aromatic rings. The first-order valence-electron chi connectivity index (χ1n) is 11.1. The molecule has 6 nitrogen and oxygen atoms in total. The lowest BCUT2D eigenvalue weighted by molar-refractivity contribution is -0.161. The first-order chi connectivity index (χ1) is 15.9. The van der Waals surface area contributed by atoms with Gasteiger partial charge in [-0.1, -0.05) is 44.2 Å². The fourth-order valence-electron chi connectivity index (χ4n) is 3.64. The number of rotatable bonds is 9. The van der Waals surface area contributed by atoms with E-state index < -0.39 is 29.7 Å². The van der Waals surface area contributed by atoms with Crippen molar-refractivity contribution in [2.45, 2.75) is 63.8 Å². The van der Waals surface area contributed by atoms with Gasteiger partial charge < -0.3 is 5.32 Å². The van der Waals surface area contributed by atoms with Crippen molar-refractivity contribution in [3.05, 3.63) is 53.7 Å². The number of benzene rings is 1. The Morgan fingerprint density at radius 2 is 1.79 bits per heavy atom. The van der Waals surface area contributed by atoms with Crippen LogP contribution in [0.15, 0.2) is 42.6 Å². The molecule has 1 saturated carbocycles. The van der Waals surface area contributed by atoms with Crippen molar-refractivity contribution in [2.24, 2.45) is 5.92 Å². The Labute approximate surface area is 196 Å². The molecule has 0 radical (unpaired) electrons. The van der Waals surface area contributed by atoms with Gasteiger partial charge in [-0.3, -0.25) is 19.9 Å². The van der Waals surface area contributed by atoms with Crippen molar-refractivity contribution in [1.82, 2.24) is 15.6 Å². The standard InChI is InChI=1S/C25H27F3N4O2/c1-15(2)12-21(23(34)32-24(14-29)10-11-24)31-22(25(26,27)28)19-8-9-20(30-13-19)18-6-4-17(5-7-18)16(3)33/h4-9,13,15,21-22,31H,10-12H2,1-3H3,(H,32,34)/t21-,22-/m0/s1. The number of carbonyl (C=O) groups excluding carboxylic acids is 2. The van der Waals surface area contributed by atoms with Gasteiger partial charge in [0.05, 0.1) is 17.8 Å². The number of nitrogens with one attached hydrogen (secondary N) is 2. The van der Waals surface area contributed by atoms with Gasteiger partial charge in [0.2, 0.25) is 5.91 Å². The normalized spacial score (nSPS) is 16.4. The molecule has 0 bridgehead atoms. The second-order valence-corrected chi connectivity index (χ2v) is 9.12. The molecule has 1 aromatic carbocycles. The first kappa shape index (κ1) is 25.4. The third-order valence-corrected chi connectivity index (χ3v) is 5.75. The zero-order valence-corrected chi connectivity index (χ0v) is 19.2. The van der Waals surface area contributed by atoms with Gasteiger partial charge in [0, 0.05) is 17.3 Å². The molecule has 1 aromatic heterocycles. The molecule has 180 valence electrons. The maximum Gasteiger partial charge on any atom is 0.407 e. The average molecular weight is 473 g/mol. The highest BCUT2D eigenvalue weighted by atomic mass is 19.4.